The smallest absolute Gasteiger partial charge is 0.336 e. The summed E-state index contributed by atoms with van der Waals surface area (Å²) in [5.74, 6) is -0.506. The molecule has 1 saturated heterocycles. The number of hydrogen-bond acceptors (Lipinski definition) is 7. The highest BCUT2D eigenvalue weighted by atomic mass is 32.2. The second-order valence-corrected chi connectivity index (χ2v) is 10.2. The summed E-state index contributed by atoms with van der Waals surface area (Å²) >= 11 is 0. The minimum absolute atomic E-state index is 0.0464. The summed E-state index contributed by atoms with van der Waals surface area (Å²) < 4.78 is 43.4. The molecular weight excluding hydrogens is 458 g/mol. The average Bonchev–Trinajstić information content (AvgIpc) is 2.86. The lowest BCUT2D eigenvalue weighted by Crippen LogP contribution is -2.42. The molecule has 9 heteroatoms. The van der Waals surface area contributed by atoms with Gasteiger partial charge >= 0.3 is 11.6 Å². The van der Waals surface area contributed by atoms with Crippen LogP contribution in [0.15, 0.2) is 62.6 Å². The Morgan fingerprint density at radius 3 is 2.62 bits per heavy atom. The van der Waals surface area contributed by atoms with Gasteiger partial charge in [-0.05, 0) is 55.2 Å². The summed E-state index contributed by atoms with van der Waals surface area (Å²) in [5.41, 5.74) is 1.53. The summed E-state index contributed by atoms with van der Waals surface area (Å²) in [4.78, 5) is 25.0. The Kier molecular flexibility index (Phi) is 7.04. The molecule has 0 saturated carbocycles. The number of ether oxygens (including phenoxy) is 2. The number of nitrogens with zero attached hydrogens (tertiary/aromatic N) is 1. The van der Waals surface area contributed by atoms with Crippen LogP contribution < -0.4 is 10.4 Å². The first kappa shape index (κ1) is 24.0. The van der Waals surface area contributed by atoms with Crippen molar-refractivity contribution in [1.29, 1.82) is 0 Å². The molecule has 1 atom stereocenters. The molecule has 34 heavy (non-hydrogen) atoms. The standard InChI is InChI=1S/C25H27NO7S/c1-3-17-6-11-22-19(14-24(27)33-23(22)13-17)16-32-25(28)18-5-4-12-26(15-18)34(29,30)21-9-7-20(31-2)8-10-21/h6-11,13-14,18H,3-5,12,15-16H2,1-2H3. The Morgan fingerprint density at radius 1 is 1.15 bits per heavy atom. The SMILES string of the molecule is CCc1ccc2c(COC(=O)C3CCCN(S(=O)(=O)c4ccc(OC)cc4)C3)cc(=O)oc2c1. The second-order valence-electron chi connectivity index (χ2n) is 8.26. The lowest BCUT2D eigenvalue weighted by Gasteiger charge is -2.30. The Labute approximate surface area is 198 Å². The molecule has 1 aliphatic heterocycles. The summed E-state index contributed by atoms with van der Waals surface area (Å²) in [6.45, 7) is 2.30. The largest absolute Gasteiger partial charge is 0.497 e. The predicted octanol–water partition coefficient (Wildman–Crippen LogP) is 3.51. The van der Waals surface area contributed by atoms with Crippen LogP contribution in [0.1, 0.15) is 30.9 Å². The summed E-state index contributed by atoms with van der Waals surface area (Å²) in [5, 5.41) is 0.706. The first-order valence-electron chi connectivity index (χ1n) is 11.2. The van der Waals surface area contributed by atoms with E-state index in [9.17, 15) is 18.0 Å². The Morgan fingerprint density at radius 2 is 1.91 bits per heavy atom. The van der Waals surface area contributed by atoms with Gasteiger partial charge in [-0.2, -0.15) is 4.31 Å². The molecule has 180 valence electrons. The molecule has 1 aliphatic rings. The van der Waals surface area contributed by atoms with E-state index in [0.717, 1.165) is 12.0 Å². The maximum absolute atomic E-state index is 13.1. The predicted molar refractivity (Wildman–Crippen MR) is 126 cm³/mol. The van der Waals surface area contributed by atoms with Crippen LogP contribution in [-0.4, -0.2) is 38.9 Å². The van der Waals surface area contributed by atoms with Crippen molar-refractivity contribution in [3.63, 3.8) is 0 Å². The zero-order chi connectivity index (χ0) is 24.3. The molecule has 3 aromatic rings. The first-order valence-corrected chi connectivity index (χ1v) is 12.6. The third-order valence-electron chi connectivity index (χ3n) is 6.09. The van der Waals surface area contributed by atoms with E-state index in [-0.39, 0.29) is 18.0 Å². The number of rotatable bonds is 7. The highest BCUT2D eigenvalue weighted by Crippen LogP contribution is 2.26. The maximum atomic E-state index is 13.1. The van der Waals surface area contributed by atoms with Gasteiger partial charge in [0, 0.05) is 30.1 Å². The highest BCUT2D eigenvalue weighted by Gasteiger charge is 2.34. The molecule has 2 heterocycles. The highest BCUT2D eigenvalue weighted by molar-refractivity contribution is 7.89. The van der Waals surface area contributed by atoms with Gasteiger partial charge in [0.05, 0.1) is 17.9 Å². The minimum Gasteiger partial charge on any atom is -0.497 e. The molecule has 0 spiro atoms. The summed E-state index contributed by atoms with van der Waals surface area (Å²) in [6.07, 6.45) is 1.88. The number of piperidine rings is 1. The Hall–Kier alpha value is -3.17. The number of carbonyl (C=O) groups excluding carboxylic acids is 1. The number of methoxy groups -OCH3 is 1. The fraction of sp³-hybridized carbons (Fsp3) is 0.360. The number of carbonyl (C=O) groups is 1. The maximum Gasteiger partial charge on any atom is 0.336 e. The van der Waals surface area contributed by atoms with Crippen LogP contribution in [0, 0.1) is 5.92 Å². The van der Waals surface area contributed by atoms with E-state index >= 15 is 0 Å². The van der Waals surface area contributed by atoms with Crippen LogP contribution in [0.5, 0.6) is 5.75 Å². The van der Waals surface area contributed by atoms with E-state index in [1.165, 1.54) is 29.6 Å². The summed E-state index contributed by atoms with van der Waals surface area (Å²) in [7, 11) is -2.23. The van der Waals surface area contributed by atoms with Gasteiger partial charge in [0.1, 0.15) is 17.9 Å². The van der Waals surface area contributed by atoms with Crippen molar-refractivity contribution in [2.45, 2.75) is 37.7 Å². The average molecular weight is 486 g/mol. The molecule has 1 fully saturated rings. The quantitative estimate of drug-likeness (QED) is 0.373. The van der Waals surface area contributed by atoms with Gasteiger partial charge in [-0.1, -0.05) is 19.1 Å². The lowest BCUT2D eigenvalue weighted by molar-refractivity contribution is -0.151. The van der Waals surface area contributed by atoms with Crippen molar-refractivity contribution in [1.82, 2.24) is 4.31 Å². The Balaban J connectivity index is 1.46. The zero-order valence-electron chi connectivity index (χ0n) is 19.2. The van der Waals surface area contributed by atoms with Crippen LogP contribution in [-0.2, 0) is 32.6 Å². The topological polar surface area (TPSA) is 103 Å². The van der Waals surface area contributed by atoms with Crippen LogP contribution in [0.3, 0.4) is 0 Å². The number of benzene rings is 2. The molecule has 1 unspecified atom stereocenters. The van der Waals surface area contributed by atoms with E-state index in [1.54, 1.807) is 12.1 Å². The van der Waals surface area contributed by atoms with Crippen LogP contribution in [0.25, 0.3) is 11.0 Å². The van der Waals surface area contributed by atoms with Crippen molar-refractivity contribution >= 4 is 27.0 Å². The van der Waals surface area contributed by atoms with Gasteiger partial charge in [-0.25, -0.2) is 13.2 Å². The van der Waals surface area contributed by atoms with E-state index in [0.29, 0.717) is 41.7 Å². The number of esters is 1. The monoisotopic (exact) mass is 485 g/mol. The minimum atomic E-state index is -3.75. The molecular formula is C25H27NO7S. The third kappa shape index (κ3) is 5.00. The van der Waals surface area contributed by atoms with Gasteiger partial charge in [0.2, 0.25) is 10.0 Å². The lowest BCUT2D eigenvalue weighted by atomic mass is 10.00. The molecule has 0 radical (unpaired) electrons. The molecule has 1 aromatic heterocycles. The van der Waals surface area contributed by atoms with E-state index < -0.39 is 27.5 Å². The zero-order valence-corrected chi connectivity index (χ0v) is 20.0. The summed E-state index contributed by atoms with van der Waals surface area (Å²) in [6, 6.07) is 13.1. The van der Waals surface area contributed by atoms with Crippen LogP contribution in [0.4, 0.5) is 0 Å². The molecule has 0 aliphatic carbocycles. The van der Waals surface area contributed by atoms with Gasteiger partial charge < -0.3 is 13.9 Å². The van der Waals surface area contributed by atoms with Crippen LogP contribution >= 0.6 is 0 Å². The van der Waals surface area contributed by atoms with Gasteiger partial charge in [-0.15, -0.1) is 0 Å². The first-order chi connectivity index (χ1) is 16.3. The third-order valence-corrected chi connectivity index (χ3v) is 7.97. The van der Waals surface area contributed by atoms with Gasteiger partial charge in [0.15, 0.2) is 0 Å². The number of sulfonamides is 1. The van der Waals surface area contributed by atoms with Crippen molar-refractivity contribution in [3.8, 4) is 5.75 Å². The molecule has 8 nitrogen and oxygen atoms in total. The fourth-order valence-electron chi connectivity index (χ4n) is 4.13. The van der Waals surface area contributed by atoms with Crippen molar-refractivity contribution in [3.05, 3.63) is 70.1 Å². The van der Waals surface area contributed by atoms with E-state index in [1.807, 2.05) is 25.1 Å². The number of hydrogen-bond donors (Lipinski definition) is 0. The van der Waals surface area contributed by atoms with Crippen LogP contribution in [0.2, 0.25) is 0 Å². The van der Waals surface area contributed by atoms with Crippen molar-refractivity contribution < 1.29 is 27.1 Å². The molecule has 0 amide bonds. The molecule has 0 N–H and O–H groups in total. The van der Waals surface area contributed by atoms with E-state index in [4.69, 9.17) is 13.9 Å². The van der Waals surface area contributed by atoms with Gasteiger partial charge in [0.25, 0.3) is 0 Å². The van der Waals surface area contributed by atoms with E-state index in [2.05, 4.69) is 0 Å². The Bertz CT molecular complexity index is 1350. The second kappa shape index (κ2) is 9.99. The van der Waals surface area contributed by atoms with Gasteiger partial charge in [-0.3, -0.25) is 4.79 Å². The van der Waals surface area contributed by atoms with Crippen molar-refractivity contribution in [2.75, 3.05) is 20.2 Å². The number of fused-ring (bicyclic) bond motifs is 1. The van der Waals surface area contributed by atoms with Crippen molar-refractivity contribution in [2.24, 2.45) is 5.92 Å². The number of aryl methyl sites for hydroxylation is 1. The molecule has 2 aromatic carbocycles. The normalized spacial score (nSPS) is 16.9. The molecule has 0 bridgehead atoms. The fourth-order valence-corrected chi connectivity index (χ4v) is 5.65. The molecule has 4 rings (SSSR count).